The zero-order valence-corrected chi connectivity index (χ0v) is 9.88. The maximum absolute atomic E-state index is 10.2. The lowest BCUT2D eigenvalue weighted by Gasteiger charge is -2.16. The summed E-state index contributed by atoms with van der Waals surface area (Å²) in [6.45, 7) is 6.58. The Morgan fingerprint density at radius 3 is 2.50 bits per heavy atom. The van der Waals surface area contributed by atoms with E-state index >= 15 is 0 Å². The Hall–Kier alpha value is -0.550. The summed E-state index contributed by atoms with van der Waals surface area (Å²) in [7, 11) is 0. The van der Waals surface area contributed by atoms with Crippen LogP contribution in [-0.4, -0.2) is 5.94 Å². The molecule has 14 heavy (non-hydrogen) atoms. The SMILES string of the molecule is CCCCCC(CC)CC(C)C=C=O. The molecule has 0 spiro atoms. The molecule has 2 unspecified atom stereocenters. The summed E-state index contributed by atoms with van der Waals surface area (Å²) in [6.07, 6.45) is 9.33. The summed E-state index contributed by atoms with van der Waals surface area (Å²) in [5, 5.41) is 0. The summed E-state index contributed by atoms with van der Waals surface area (Å²) in [6, 6.07) is 0. The van der Waals surface area contributed by atoms with Crippen LogP contribution >= 0.6 is 0 Å². The average Bonchev–Trinajstić information content (AvgIpc) is 2.17. The number of allylic oxidation sites excluding steroid dienone is 1. The number of hydrogen-bond acceptors (Lipinski definition) is 1. The third kappa shape index (κ3) is 6.91. The summed E-state index contributed by atoms with van der Waals surface area (Å²) in [4.78, 5) is 10.2. The second-order valence-electron chi connectivity index (χ2n) is 4.27. The van der Waals surface area contributed by atoms with Crippen molar-refractivity contribution in [1.29, 1.82) is 0 Å². The predicted octanol–water partition coefficient (Wildman–Crippen LogP) is 4.01. The molecule has 0 N–H and O–H groups in total. The molecule has 0 fully saturated rings. The van der Waals surface area contributed by atoms with E-state index in [0.29, 0.717) is 5.92 Å². The Morgan fingerprint density at radius 1 is 1.29 bits per heavy atom. The number of unbranched alkanes of at least 4 members (excludes halogenated alkanes) is 2. The van der Waals surface area contributed by atoms with Crippen LogP contribution in [0.2, 0.25) is 0 Å². The smallest absolute Gasteiger partial charge is 0.120 e. The van der Waals surface area contributed by atoms with Crippen LogP contribution in [0.15, 0.2) is 6.08 Å². The number of hydrogen-bond donors (Lipinski definition) is 0. The van der Waals surface area contributed by atoms with Crippen LogP contribution < -0.4 is 0 Å². The van der Waals surface area contributed by atoms with Crippen LogP contribution in [0.25, 0.3) is 0 Å². The van der Waals surface area contributed by atoms with Gasteiger partial charge in [0.2, 0.25) is 0 Å². The number of carbonyl (C=O) groups excluding carboxylic acids is 1. The van der Waals surface area contributed by atoms with Gasteiger partial charge in [-0.1, -0.05) is 52.9 Å². The molecule has 0 radical (unpaired) electrons. The molecule has 0 amide bonds. The van der Waals surface area contributed by atoms with Crippen molar-refractivity contribution in [3.63, 3.8) is 0 Å². The largest absolute Gasteiger partial charge is 0.234 e. The quantitative estimate of drug-likeness (QED) is 0.423. The van der Waals surface area contributed by atoms with Gasteiger partial charge >= 0.3 is 0 Å². The molecule has 0 aromatic carbocycles. The van der Waals surface area contributed by atoms with E-state index < -0.39 is 0 Å². The summed E-state index contributed by atoms with van der Waals surface area (Å²) >= 11 is 0. The van der Waals surface area contributed by atoms with E-state index in [2.05, 4.69) is 20.8 Å². The highest BCUT2D eigenvalue weighted by Crippen LogP contribution is 2.21. The van der Waals surface area contributed by atoms with Gasteiger partial charge in [0.25, 0.3) is 0 Å². The predicted molar refractivity (Wildman–Crippen MR) is 62.0 cm³/mol. The van der Waals surface area contributed by atoms with Gasteiger partial charge in [-0.3, -0.25) is 0 Å². The molecule has 0 saturated heterocycles. The lowest BCUT2D eigenvalue weighted by Crippen LogP contribution is -2.04. The van der Waals surface area contributed by atoms with Gasteiger partial charge in [0, 0.05) is 6.08 Å². The van der Waals surface area contributed by atoms with Crippen molar-refractivity contribution >= 4 is 5.94 Å². The van der Waals surface area contributed by atoms with Crippen LogP contribution in [0.4, 0.5) is 0 Å². The minimum Gasteiger partial charge on any atom is -0.234 e. The van der Waals surface area contributed by atoms with Crippen molar-refractivity contribution in [2.45, 2.75) is 59.3 Å². The van der Waals surface area contributed by atoms with Crippen molar-refractivity contribution in [2.75, 3.05) is 0 Å². The molecule has 0 heterocycles. The van der Waals surface area contributed by atoms with E-state index in [-0.39, 0.29) is 0 Å². The fourth-order valence-corrected chi connectivity index (χ4v) is 1.88. The Morgan fingerprint density at radius 2 is 2.00 bits per heavy atom. The van der Waals surface area contributed by atoms with Gasteiger partial charge < -0.3 is 0 Å². The molecule has 0 aliphatic heterocycles. The Balaban J connectivity index is 3.71. The molecule has 0 aromatic heterocycles. The third-order valence-corrected chi connectivity index (χ3v) is 2.85. The molecule has 0 aliphatic carbocycles. The van der Waals surface area contributed by atoms with Gasteiger partial charge in [0.15, 0.2) is 0 Å². The first-order valence-electron chi connectivity index (χ1n) is 5.95. The van der Waals surface area contributed by atoms with Crippen molar-refractivity contribution in [3.8, 4) is 0 Å². The van der Waals surface area contributed by atoms with Gasteiger partial charge in [-0.05, 0) is 18.3 Å². The minimum absolute atomic E-state index is 0.402. The summed E-state index contributed by atoms with van der Waals surface area (Å²) < 4.78 is 0. The van der Waals surface area contributed by atoms with Crippen LogP contribution in [-0.2, 0) is 4.79 Å². The van der Waals surface area contributed by atoms with Gasteiger partial charge in [-0.2, -0.15) is 0 Å². The Bertz CT molecular complexity index is 168. The van der Waals surface area contributed by atoms with Crippen molar-refractivity contribution in [3.05, 3.63) is 6.08 Å². The van der Waals surface area contributed by atoms with E-state index in [1.807, 2.05) is 5.94 Å². The van der Waals surface area contributed by atoms with E-state index in [4.69, 9.17) is 0 Å². The van der Waals surface area contributed by atoms with Gasteiger partial charge in [0.1, 0.15) is 5.94 Å². The zero-order valence-electron chi connectivity index (χ0n) is 9.88. The molecule has 0 aliphatic rings. The van der Waals surface area contributed by atoms with E-state index in [1.165, 1.54) is 32.1 Å². The van der Waals surface area contributed by atoms with Gasteiger partial charge in [0.05, 0.1) is 0 Å². The normalized spacial score (nSPS) is 14.5. The topological polar surface area (TPSA) is 17.1 Å². The molecule has 1 nitrogen and oxygen atoms in total. The van der Waals surface area contributed by atoms with Crippen LogP contribution in [0.3, 0.4) is 0 Å². The van der Waals surface area contributed by atoms with Crippen LogP contribution in [0.5, 0.6) is 0 Å². The standard InChI is InChI=1S/C13H24O/c1-4-6-7-8-13(5-2)11-12(3)9-10-14/h9,12-13H,4-8,11H2,1-3H3. The van der Waals surface area contributed by atoms with Gasteiger partial charge in [-0.15, -0.1) is 0 Å². The third-order valence-electron chi connectivity index (χ3n) is 2.85. The first-order chi connectivity index (χ1) is 6.74. The molecule has 0 saturated carbocycles. The Kier molecular flexibility index (Phi) is 8.67. The monoisotopic (exact) mass is 196 g/mol. The molecule has 2 atom stereocenters. The second kappa shape index (κ2) is 9.02. The molecule has 0 rings (SSSR count). The van der Waals surface area contributed by atoms with Crippen molar-refractivity contribution in [1.82, 2.24) is 0 Å². The lowest BCUT2D eigenvalue weighted by atomic mass is 9.89. The summed E-state index contributed by atoms with van der Waals surface area (Å²) in [5.74, 6) is 3.08. The molecular formula is C13H24O. The zero-order chi connectivity index (χ0) is 10.8. The van der Waals surface area contributed by atoms with Crippen LogP contribution in [0, 0.1) is 11.8 Å². The van der Waals surface area contributed by atoms with Crippen LogP contribution in [0.1, 0.15) is 59.3 Å². The van der Waals surface area contributed by atoms with E-state index in [9.17, 15) is 4.79 Å². The number of rotatable bonds is 8. The molecule has 0 aromatic rings. The lowest BCUT2D eigenvalue weighted by molar-refractivity contribution is 0.380. The second-order valence-corrected chi connectivity index (χ2v) is 4.27. The van der Waals surface area contributed by atoms with Crippen molar-refractivity contribution < 1.29 is 4.79 Å². The maximum Gasteiger partial charge on any atom is 0.120 e. The minimum atomic E-state index is 0.402. The highest BCUT2D eigenvalue weighted by atomic mass is 16.1. The highest BCUT2D eigenvalue weighted by Gasteiger charge is 2.09. The van der Waals surface area contributed by atoms with Gasteiger partial charge in [-0.25, -0.2) is 4.79 Å². The van der Waals surface area contributed by atoms with E-state index in [0.717, 1.165) is 12.3 Å². The average molecular weight is 196 g/mol. The van der Waals surface area contributed by atoms with E-state index in [1.54, 1.807) is 6.08 Å². The molecule has 82 valence electrons. The molecule has 0 bridgehead atoms. The highest BCUT2D eigenvalue weighted by molar-refractivity contribution is 5.45. The fourth-order valence-electron chi connectivity index (χ4n) is 1.88. The first-order valence-corrected chi connectivity index (χ1v) is 5.95. The molecule has 1 heteroatoms. The maximum atomic E-state index is 10.2. The summed E-state index contributed by atoms with van der Waals surface area (Å²) in [5.41, 5.74) is 0. The Labute approximate surface area is 88.6 Å². The van der Waals surface area contributed by atoms with Crippen molar-refractivity contribution in [2.24, 2.45) is 11.8 Å². The first kappa shape index (κ1) is 13.4. The molecular weight excluding hydrogens is 172 g/mol. The fraction of sp³-hybridized carbons (Fsp3) is 0.846.